The summed E-state index contributed by atoms with van der Waals surface area (Å²) >= 11 is 7.22. The van der Waals surface area contributed by atoms with Crippen LogP contribution in [0.3, 0.4) is 0 Å². The summed E-state index contributed by atoms with van der Waals surface area (Å²) < 4.78 is 0. The number of nitrogens with one attached hydrogen (secondary N) is 1. The number of nitrogens with zero attached hydrogens (tertiary/aromatic N) is 1. The van der Waals surface area contributed by atoms with Gasteiger partial charge in [0.2, 0.25) is 0 Å². The summed E-state index contributed by atoms with van der Waals surface area (Å²) in [5.74, 6) is 0.894. The molecular formula is C11H17ClN2OS. The number of thiazole rings is 1. The van der Waals surface area contributed by atoms with Crippen LogP contribution in [0.1, 0.15) is 34.9 Å². The van der Waals surface area contributed by atoms with E-state index in [0.29, 0.717) is 16.7 Å². The van der Waals surface area contributed by atoms with E-state index >= 15 is 0 Å². The predicted octanol–water partition coefficient (Wildman–Crippen LogP) is 2.83. The second-order valence-electron chi connectivity index (χ2n) is 4.20. The van der Waals surface area contributed by atoms with Crippen LogP contribution in [0.5, 0.6) is 0 Å². The van der Waals surface area contributed by atoms with E-state index < -0.39 is 0 Å². The number of aromatic nitrogens is 1. The second-order valence-corrected chi connectivity index (χ2v) is 5.74. The Morgan fingerprint density at radius 2 is 2.31 bits per heavy atom. The van der Waals surface area contributed by atoms with Gasteiger partial charge in [0.05, 0.1) is 11.2 Å². The third-order valence-corrected chi connectivity index (χ3v) is 3.41. The fourth-order valence-electron chi connectivity index (χ4n) is 1.45. The summed E-state index contributed by atoms with van der Waals surface area (Å²) in [6.07, 6.45) is 2.50. The first-order valence-electron chi connectivity index (χ1n) is 5.32. The maximum absolute atomic E-state index is 11.8. The van der Waals surface area contributed by atoms with E-state index in [-0.39, 0.29) is 11.9 Å². The largest absolute Gasteiger partial charge is 0.347 e. The molecule has 0 fully saturated rings. The molecule has 90 valence electrons. The molecule has 1 atom stereocenters. The van der Waals surface area contributed by atoms with Crippen LogP contribution in [0.15, 0.2) is 6.20 Å². The second kappa shape index (κ2) is 6.21. The molecule has 16 heavy (non-hydrogen) atoms. The summed E-state index contributed by atoms with van der Waals surface area (Å²) in [7, 11) is 0. The highest BCUT2D eigenvalue weighted by molar-refractivity contribution is 7.13. The van der Waals surface area contributed by atoms with E-state index in [1.54, 1.807) is 6.20 Å². The number of rotatable bonds is 5. The topological polar surface area (TPSA) is 42.0 Å². The molecule has 0 aromatic carbocycles. The quantitative estimate of drug-likeness (QED) is 0.828. The lowest BCUT2D eigenvalue weighted by molar-refractivity contribution is 0.0940. The minimum atomic E-state index is -0.0723. The number of hydrogen-bond donors (Lipinski definition) is 1. The molecule has 0 saturated heterocycles. The average molecular weight is 261 g/mol. The Hall–Kier alpha value is -0.610. The predicted molar refractivity (Wildman–Crippen MR) is 68.3 cm³/mol. The Balaban J connectivity index is 2.55. The third kappa shape index (κ3) is 4.10. The van der Waals surface area contributed by atoms with Crippen LogP contribution in [-0.2, 0) is 0 Å². The van der Waals surface area contributed by atoms with Gasteiger partial charge in [-0.05, 0) is 19.3 Å². The van der Waals surface area contributed by atoms with Crippen LogP contribution >= 0.6 is 22.9 Å². The van der Waals surface area contributed by atoms with Crippen molar-refractivity contribution in [3.8, 4) is 0 Å². The fraction of sp³-hybridized carbons (Fsp3) is 0.636. The molecule has 0 aliphatic carbocycles. The van der Waals surface area contributed by atoms with Crippen molar-refractivity contribution in [1.82, 2.24) is 10.3 Å². The molecule has 1 N–H and O–H groups in total. The molecule has 0 aliphatic heterocycles. The van der Waals surface area contributed by atoms with Crippen LogP contribution < -0.4 is 5.32 Å². The maximum atomic E-state index is 11.8. The van der Waals surface area contributed by atoms with Crippen molar-refractivity contribution in [2.75, 3.05) is 5.88 Å². The SMILES string of the molecule is Cc1ncc(C(=O)NC(CCl)CC(C)C)s1. The number of hydrogen-bond acceptors (Lipinski definition) is 3. The summed E-state index contributed by atoms with van der Waals surface area (Å²) in [5.41, 5.74) is 0. The van der Waals surface area contributed by atoms with Crippen molar-refractivity contribution >= 4 is 28.8 Å². The maximum Gasteiger partial charge on any atom is 0.263 e. The molecule has 5 heteroatoms. The van der Waals surface area contributed by atoms with Gasteiger partial charge < -0.3 is 5.32 Å². The highest BCUT2D eigenvalue weighted by Crippen LogP contribution is 2.13. The molecule has 1 aromatic rings. The zero-order chi connectivity index (χ0) is 12.1. The van der Waals surface area contributed by atoms with Crippen LogP contribution in [0.2, 0.25) is 0 Å². The number of aryl methyl sites for hydroxylation is 1. The first-order chi connectivity index (χ1) is 7.52. The van der Waals surface area contributed by atoms with Crippen LogP contribution in [0.25, 0.3) is 0 Å². The van der Waals surface area contributed by atoms with Crippen molar-refractivity contribution in [3.63, 3.8) is 0 Å². The van der Waals surface area contributed by atoms with Gasteiger partial charge in [0, 0.05) is 11.9 Å². The van der Waals surface area contributed by atoms with Gasteiger partial charge in [-0.3, -0.25) is 4.79 Å². The number of carbonyl (C=O) groups excluding carboxylic acids is 1. The Bertz CT molecular complexity index is 352. The zero-order valence-electron chi connectivity index (χ0n) is 9.79. The number of halogens is 1. The summed E-state index contributed by atoms with van der Waals surface area (Å²) in [4.78, 5) is 16.5. The Morgan fingerprint density at radius 3 is 2.75 bits per heavy atom. The standard InChI is InChI=1S/C11H17ClN2OS/c1-7(2)4-9(5-12)14-11(15)10-6-13-8(3)16-10/h6-7,9H,4-5H2,1-3H3,(H,14,15). The molecule has 1 rings (SSSR count). The van der Waals surface area contributed by atoms with Crippen LogP contribution in [0, 0.1) is 12.8 Å². The van der Waals surface area contributed by atoms with E-state index in [0.717, 1.165) is 11.4 Å². The molecule has 1 unspecified atom stereocenters. The van der Waals surface area contributed by atoms with Crippen molar-refractivity contribution in [2.24, 2.45) is 5.92 Å². The molecule has 0 aliphatic rings. The molecule has 1 heterocycles. The molecule has 0 bridgehead atoms. The molecule has 0 spiro atoms. The Morgan fingerprint density at radius 1 is 1.62 bits per heavy atom. The van der Waals surface area contributed by atoms with Gasteiger partial charge in [-0.1, -0.05) is 13.8 Å². The minimum absolute atomic E-state index is 0.0385. The average Bonchev–Trinajstić information content (AvgIpc) is 2.63. The van der Waals surface area contributed by atoms with E-state index in [2.05, 4.69) is 24.1 Å². The molecule has 1 aromatic heterocycles. The highest BCUT2D eigenvalue weighted by Gasteiger charge is 2.15. The molecular weight excluding hydrogens is 244 g/mol. The fourth-order valence-corrected chi connectivity index (χ4v) is 2.34. The third-order valence-electron chi connectivity index (χ3n) is 2.12. The zero-order valence-corrected chi connectivity index (χ0v) is 11.4. The van der Waals surface area contributed by atoms with Gasteiger partial charge in [-0.2, -0.15) is 0 Å². The molecule has 3 nitrogen and oxygen atoms in total. The smallest absolute Gasteiger partial charge is 0.263 e. The van der Waals surface area contributed by atoms with Crippen molar-refractivity contribution in [1.29, 1.82) is 0 Å². The monoisotopic (exact) mass is 260 g/mol. The number of amides is 1. The highest BCUT2D eigenvalue weighted by atomic mass is 35.5. The van der Waals surface area contributed by atoms with Crippen molar-refractivity contribution in [2.45, 2.75) is 33.2 Å². The lowest BCUT2D eigenvalue weighted by Gasteiger charge is -2.17. The van der Waals surface area contributed by atoms with Gasteiger partial charge in [0.15, 0.2) is 0 Å². The van der Waals surface area contributed by atoms with E-state index in [9.17, 15) is 4.79 Å². The first-order valence-corrected chi connectivity index (χ1v) is 6.67. The Kier molecular flexibility index (Phi) is 5.22. The number of carbonyl (C=O) groups is 1. The Labute approximate surface area is 105 Å². The van der Waals surface area contributed by atoms with Gasteiger partial charge in [0.1, 0.15) is 4.88 Å². The number of alkyl halides is 1. The summed E-state index contributed by atoms with van der Waals surface area (Å²) in [6.45, 7) is 6.11. The van der Waals surface area contributed by atoms with E-state index in [1.165, 1.54) is 11.3 Å². The van der Waals surface area contributed by atoms with Crippen LogP contribution in [0.4, 0.5) is 0 Å². The first kappa shape index (κ1) is 13.5. The normalized spacial score (nSPS) is 12.8. The summed E-state index contributed by atoms with van der Waals surface area (Å²) in [5, 5.41) is 3.83. The van der Waals surface area contributed by atoms with Crippen LogP contribution in [-0.4, -0.2) is 22.8 Å². The van der Waals surface area contributed by atoms with Crippen molar-refractivity contribution in [3.05, 3.63) is 16.1 Å². The summed E-state index contributed by atoms with van der Waals surface area (Å²) in [6, 6.07) is 0.0385. The lowest BCUT2D eigenvalue weighted by atomic mass is 10.1. The lowest BCUT2D eigenvalue weighted by Crippen LogP contribution is -2.36. The van der Waals surface area contributed by atoms with E-state index in [1.807, 2.05) is 6.92 Å². The molecule has 0 saturated carbocycles. The minimum Gasteiger partial charge on any atom is -0.347 e. The van der Waals surface area contributed by atoms with Gasteiger partial charge in [-0.25, -0.2) is 4.98 Å². The van der Waals surface area contributed by atoms with Gasteiger partial charge in [-0.15, -0.1) is 22.9 Å². The van der Waals surface area contributed by atoms with Gasteiger partial charge in [0.25, 0.3) is 5.91 Å². The van der Waals surface area contributed by atoms with E-state index in [4.69, 9.17) is 11.6 Å². The molecule has 0 radical (unpaired) electrons. The van der Waals surface area contributed by atoms with Crippen molar-refractivity contribution < 1.29 is 4.79 Å². The van der Waals surface area contributed by atoms with Gasteiger partial charge >= 0.3 is 0 Å². The molecule has 1 amide bonds.